The number of nitrogens with zero attached hydrogens (tertiary/aromatic N) is 1. The summed E-state index contributed by atoms with van der Waals surface area (Å²) >= 11 is 0. The zero-order valence-electron chi connectivity index (χ0n) is 14.4. The third-order valence-corrected chi connectivity index (χ3v) is 3.76. The minimum absolute atomic E-state index is 0.110. The molecule has 0 bridgehead atoms. The zero-order valence-corrected chi connectivity index (χ0v) is 14.4. The van der Waals surface area contributed by atoms with E-state index in [9.17, 15) is 15.0 Å². The maximum atomic E-state index is 11.7. The van der Waals surface area contributed by atoms with Crippen LogP contribution in [0.2, 0.25) is 0 Å². The highest BCUT2D eigenvalue weighted by atomic mass is 16.5. The van der Waals surface area contributed by atoms with Gasteiger partial charge in [0.05, 0.1) is 0 Å². The van der Waals surface area contributed by atoms with Crippen molar-refractivity contribution in [2.45, 2.75) is 18.8 Å². The van der Waals surface area contributed by atoms with E-state index in [1.165, 1.54) is 0 Å². The molecule has 0 saturated heterocycles. The molecule has 0 spiro atoms. The van der Waals surface area contributed by atoms with Crippen LogP contribution in [0.3, 0.4) is 0 Å². The number of carbonyl (C=O) groups excluding carboxylic acids is 1. The molecule has 0 aliphatic rings. The molecule has 0 heterocycles. The Hall–Kier alpha value is -2.57. The molecule has 2 rings (SSSR count). The number of alkyl carbamates (subject to hydrolysis) is 1. The van der Waals surface area contributed by atoms with Crippen LogP contribution in [0.1, 0.15) is 17.2 Å². The Morgan fingerprint density at radius 3 is 2.52 bits per heavy atom. The van der Waals surface area contributed by atoms with Crippen LogP contribution < -0.4 is 10.2 Å². The SMILES string of the molecule is CN(C)c1cccc(C(O)C(O)CNC(=O)OCc2ccccc2)c1. The molecule has 2 aromatic rings. The van der Waals surface area contributed by atoms with E-state index in [0.717, 1.165) is 11.3 Å². The summed E-state index contributed by atoms with van der Waals surface area (Å²) in [6.07, 6.45) is -2.88. The van der Waals surface area contributed by atoms with Crippen molar-refractivity contribution in [1.82, 2.24) is 5.32 Å². The average molecular weight is 344 g/mol. The van der Waals surface area contributed by atoms with Crippen LogP contribution >= 0.6 is 0 Å². The maximum Gasteiger partial charge on any atom is 0.407 e. The summed E-state index contributed by atoms with van der Waals surface area (Å²) in [5.74, 6) is 0. The topological polar surface area (TPSA) is 82.0 Å². The van der Waals surface area contributed by atoms with Crippen LogP contribution in [0.25, 0.3) is 0 Å². The molecule has 0 aliphatic carbocycles. The number of anilines is 1. The number of hydrogen-bond donors (Lipinski definition) is 3. The number of amides is 1. The molecule has 6 nitrogen and oxygen atoms in total. The van der Waals surface area contributed by atoms with Gasteiger partial charge >= 0.3 is 6.09 Å². The van der Waals surface area contributed by atoms with Gasteiger partial charge in [-0.3, -0.25) is 0 Å². The quantitative estimate of drug-likeness (QED) is 0.716. The van der Waals surface area contributed by atoms with Crippen LogP contribution in [-0.2, 0) is 11.3 Å². The van der Waals surface area contributed by atoms with Crippen molar-refractivity contribution in [2.24, 2.45) is 0 Å². The van der Waals surface area contributed by atoms with Gasteiger partial charge in [-0.05, 0) is 23.3 Å². The number of rotatable bonds is 7. The van der Waals surface area contributed by atoms with Crippen molar-refractivity contribution in [3.8, 4) is 0 Å². The van der Waals surface area contributed by atoms with Gasteiger partial charge in [0.25, 0.3) is 0 Å². The van der Waals surface area contributed by atoms with Crippen molar-refractivity contribution in [2.75, 3.05) is 25.5 Å². The Bertz CT molecular complexity index is 676. The molecule has 2 unspecified atom stereocenters. The van der Waals surface area contributed by atoms with Gasteiger partial charge in [0.2, 0.25) is 0 Å². The summed E-state index contributed by atoms with van der Waals surface area (Å²) in [6.45, 7) is 0.0389. The number of aliphatic hydroxyl groups excluding tert-OH is 2. The van der Waals surface area contributed by atoms with E-state index >= 15 is 0 Å². The van der Waals surface area contributed by atoms with Gasteiger partial charge in [0.1, 0.15) is 18.8 Å². The minimum Gasteiger partial charge on any atom is -0.445 e. The third kappa shape index (κ3) is 5.77. The number of carbonyl (C=O) groups is 1. The summed E-state index contributed by atoms with van der Waals surface area (Å²) in [5, 5.41) is 22.8. The fraction of sp³-hybridized carbons (Fsp3) is 0.316. The summed E-state index contributed by atoms with van der Waals surface area (Å²) in [7, 11) is 3.79. The first-order valence-electron chi connectivity index (χ1n) is 8.05. The molecule has 0 fully saturated rings. The van der Waals surface area contributed by atoms with Crippen LogP contribution in [0.15, 0.2) is 54.6 Å². The van der Waals surface area contributed by atoms with Gasteiger partial charge in [-0.1, -0.05) is 42.5 Å². The van der Waals surface area contributed by atoms with Gasteiger partial charge in [0, 0.05) is 26.3 Å². The van der Waals surface area contributed by atoms with Crippen molar-refractivity contribution in [3.05, 3.63) is 65.7 Å². The molecule has 3 N–H and O–H groups in total. The lowest BCUT2D eigenvalue weighted by molar-refractivity contribution is 0.0184. The molecule has 1 amide bonds. The number of hydrogen-bond acceptors (Lipinski definition) is 5. The van der Waals surface area contributed by atoms with E-state index < -0.39 is 18.3 Å². The van der Waals surface area contributed by atoms with Gasteiger partial charge in [-0.2, -0.15) is 0 Å². The number of nitrogens with one attached hydrogen (secondary N) is 1. The van der Waals surface area contributed by atoms with Crippen molar-refractivity contribution < 1.29 is 19.7 Å². The predicted octanol–water partition coefficient (Wildman–Crippen LogP) is 2.07. The maximum absolute atomic E-state index is 11.7. The molecule has 2 aromatic carbocycles. The van der Waals surface area contributed by atoms with E-state index in [0.29, 0.717) is 5.56 Å². The van der Waals surface area contributed by atoms with Gasteiger partial charge in [-0.25, -0.2) is 4.79 Å². The fourth-order valence-corrected chi connectivity index (χ4v) is 2.28. The van der Waals surface area contributed by atoms with E-state index in [4.69, 9.17) is 4.74 Å². The van der Waals surface area contributed by atoms with Gasteiger partial charge in [0.15, 0.2) is 0 Å². The second kappa shape index (κ2) is 9.05. The van der Waals surface area contributed by atoms with Crippen molar-refractivity contribution in [3.63, 3.8) is 0 Å². The minimum atomic E-state index is -1.14. The first kappa shape index (κ1) is 18.8. The highest BCUT2D eigenvalue weighted by molar-refractivity contribution is 5.67. The Kier molecular flexibility index (Phi) is 6.80. The molecular formula is C19H24N2O4. The Labute approximate surface area is 147 Å². The summed E-state index contributed by atoms with van der Waals surface area (Å²) in [4.78, 5) is 13.6. The summed E-state index contributed by atoms with van der Waals surface area (Å²) in [5.41, 5.74) is 2.37. The lowest BCUT2D eigenvalue weighted by Gasteiger charge is -2.20. The molecule has 2 atom stereocenters. The first-order valence-corrected chi connectivity index (χ1v) is 8.05. The molecule has 6 heteroatoms. The van der Waals surface area contributed by atoms with Crippen LogP contribution in [0.5, 0.6) is 0 Å². The van der Waals surface area contributed by atoms with Crippen LogP contribution in [-0.4, -0.2) is 43.1 Å². The monoisotopic (exact) mass is 344 g/mol. The molecule has 25 heavy (non-hydrogen) atoms. The van der Waals surface area contributed by atoms with Crippen molar-refractivity contribution in [1.29, 1.82) is 0 Å². The zero-order chi connectivity index (χ0) is 18.2. The van der Waals surface area contributed by atoms with E-state index in [1.807, 2.05) is 61.5 Å². The smallest absolute Gasteiger partial charge is 0.407 e. The van der Waals surface area contributed by atoms with Gasteiger partial charge < -0.3 is 25.2 Å². The number of benzene rings is 2. The molecular weight excluding hydrogens is 320 g/mol. The first-order chi connectivity index (χ1) is 12.0. The fourth-order valence-electron chi connectivity index (χ4n) is 2.28. The van der Waals surface area contributed by atoms with Crippen LogP contribution in [0.4, 0.5) is 10.5 Å². The lowest BCUT2D eigenvalue weighted by Crippen LogP contribution is -2.35. The summed E-state index contributed by atoms with van der Waals surface area (Å²) in [6, 6.07) is 16.5. The van der Waals surface area contributed by atoms with Crippen LogP contribution in [0, 0.1) is 0 Å². The average Bonchev–Trinajstić information content (AvgIpc) is 2.64. The second-order valence-corrected chi connectivity index (χ2v) is 5.94. The third-order valence-electron chi connectivity index (χ3n) is 3.76. The Balaban J connectivity index is 1.81. The van der Waals surface area contributed by atoms with E-state index in [1.54, 1.807) is 12.1 Å². The Morgan fingerprint density at radius 2 is 1.84 bits per heavy atom. The summed E-state index contributed by atoms with van der Waals surface area (Å²) < 4.78 is 5.07. The largest absolute Gasteiger partial charge is 0.445 e. The highest BCUT2D eigenvalue weighted by Gasteiger charge is 2.20. The molecule has 0 aromatic heterocycles. The molecule has 0 aliphatic heterocycles. The molecule has 134 valence electrons. The number of aliphatic hydroxyl groups is 2. The standard InChI is InChI=1S/C19H24N2O4/c1-21(2)16-10-6-9-15(11-16)18(23)17(22)12-20-19(24)25-13-14-7-4-3-5-8-14/h3-11,17-18,22-23H,12-13H2,1-2H3,(H,20,24). The second-order valence-electron chi connectivity index (χ2n) is 5.94. The van der Waals surface area contributed by atoms with Gasteiger partial charge in [-0.15, -0.1) is 0 Å². The van der Waals surface area contributed by atoms with E-state index in [2.05, 4.69) is 5.32 Å². The van der Waals surface area contributed by atoms with E-state index in [-0.39, 0.29) is 13.2 Å². The highest BCUT2D eigenvalue weighted by Crippen LogP contribution is 2.21. The predicted molar refractivity (Wildman–Crippen MR) is 96.4 cm³/mol. The molecule has 0 radical (unpaired) electrons. The Morgan fingerprint density at radius 1 is 1.12 bits per heavy atom. The van der Waals surface area contributed by atoms with Crippen molar-refractivity contribution >= 4 is 11.8 Å². The number of ether oxygens (including phenoxy) is 1. The normalized spacial score (nSPS) is 13.0. The lowest BCUT2D eigenvalue weighted by atomic mass is 10.0. The molecule has 0 saturated carbocycles.